The molecule has 2 heterocycles. The Morgan fingerprint density at radius 3 is 2.50 bits per heavy atom. The van der Waals surface area contributed by atoms with Gasteiger partial charge in [0.05, 0.1) is 6.61 Å². The van der Waals surface area contributed by atoms with Crippen molar-refractivity contribution in [2.75, 3.05) is 44.9 Å². The number of rotatable bonds is 4. The van der Waals surface area contributed by atoms with Gasteiger partial charge in [-0.1, -0.05) is 0 Å². The lowest BCUT2D eigenvalue weighted by Crippen LogP contribution is -2.51. The lowest BCUT2D eigenvalue weighted by atomic mass is 10.2. The number of carbonyl (C=O) groups is 3. The fourth-order valence-corrected chi connectivity index (χ4v) is 2.78. The average Bonchev–Trinajstić information content (AvgIpc) is 3.09. The van der Waals surface area contributed by atoms with Crippen LogP contribution in [0.5, 0.6) is 11.5 Å². The minimum atomic E-state index is -0.401. The predicted molar refractivity (Wildman–Crippen MR) is 91.0 cm³/mol. The fourth-order valence-electron chi connectivity index (χ4n) is 2.78. The van der Waals surface area contributed by atoms with Gasteiger partial charge < -0.3 is 29.3 Å². The maximum Gasteiger partial charge on any atom is 0.409 e. The molecule has 26 heavy (non-hydrogen) atoms. The van der Waals surface area contributed by atoms with Crippen molar-refractivity contribution in [3.05, 3.63) is 18.2 Å². The highest BCUT2D eigenvalue weighted by atomic mass is 16.7. The Bertz CT molecular complexity index is 700. The van der Waals surface area contributed by atoms with E-state index in [0.717, 1.165) is 0 Å². The lowest BCUT2D eigenvalue weighted by molar-refractivity contribution is -0.135. The van der Waals surface area contributed by atoms with Crippen LogP contribution in [0.2, 0.25) is 0 Å². The second kappa shape index (κ2) is 7.94. The largest absolute Gasteiger partial charge is 0.454 e. The Kier molecular flexibility index (Phi) is 5.45. The van der Waals surface area contributed by atoms with Gasteiger partial charge in [-0.3, -0.25) is 9.59 Å². The highest BCUT2D eigenvalue weighted by Gasteiger charge is 2.26. The van der Waals surface area contributed by atoms with Gasteiger partial charge in [0.15, 0.2) is 11.5 Å². The molecular formula is C17H21N3O6. The first-order valence-corrected chi connectivity index (χ1v) is 8.46. The summed E-state index contributed by atoms with van der Waals surface area (Å²) in [6.07, 6.45) is -0.631. The summed E-state index contributed by atoms with van der Waals surface area (Å²) in [5, 5.41) is 2.68. The fraction of sp³-hybridized carbons (Fsp3) is 0.471. The van der Waals surface area contributed by atoms with Crippen molar-refractivity contribution < 1.29 is 28.6 Å². The quantitative estimate of drug-likeness (QED) is 0.803. The first kappa shape index (κ1) is 17.8. The molecule has 0 aromatic heterocycles. The molecule has 0 atom stereocenters. The maximum absolute atomic E-state index is 12.3. The monoisotopic (exact) mass is 363 g/mol. The zero-order valence-corrected chi connectivity index (χ0v) is 14.5. The number of nitrogens with one attached hydrogen (secondary N) is 1. The molecule has 0 aliphatic carbocycles. The topological polar surface area (TPSA) is 97.4 Å². The molecule has 9 heteroatoms. The molecule has 0 spiro atoms. The SMILES string of the molecule is CCOC(=O)N1CCN(C(=O)CC(=O)Nc2ccc3c(c2)OCO3)CC1. The van der Waals surface area contributed by atoms with Gasteiger partial charge in [-0.25, -0.2) is 4.79 Å². The molecular weight excluding hydrogens is 342 g/mol. The molecule has 2 aliphatic heterocycles. The predicted octanol–water partition coefficient (Wildman–Crippen LogP) is 1.04. The van der Waals surface area contributed by atoms with Crippen molar-refractivity contribution in [1.82, 2.24) is 9.80 Å². The molecule has 0 unspecified atom stereocenters. The number of ether oxygens (including phenoxy) is 3. The van der Waals surface area contributed by atoms with Crippen LogP contribution in [0.3, 0.4) is 0 Å². The molecule has 1 fully saturated rings. The summed E-state index contributed by atoms with van der Waals surface area (Å²) in [4.78, 5) is 39.2. The van der Waals surface area contributed by atoms with Gasteiger partial charge in [0.2, 0.25) is 18.6 Å². The van der Waals surface area contributed by atoms with E-state index in [0.29, 0.717) is 50.0 Å². The van der Waals surface area contributed by atoms with Crippen LogP contribution in [0.4, 0.5) is 10.5 Å². The van der Waals surface area contributed by atoms with Crippen molar-refractivity contribution in [3.63, 3.8) is 0 Å². The van der Waals surface area contributed by atoms with E-state index >= 15 is 0 Å². The third-order valence-electron chi connectivity index (χ3n) is 4.13. The maximum atomic E-state index is 12.3. The Morgan fingerprint density at radius 1 is 1.08 bits per heavy atom. The van der Waals surface area contributed by atoms with Crippen LogP contribution in [0.15, 0.2) is 18.2 Å². The minimum absolute atomic E-state index is 0.156. The van der Waals surface area contributed by atoms with E-state index in [1.807, 2.05) is 0 Å². The number of amides is 3. The van der Waals surface area contributed by atoms with E-state index in [1.54, 1.807) is 34.9 Å². The highest BCUT2D eigenvalue weighted by Crippen LogP contribution is 2.34. The molecule has 2 aliphatic rings. The van der Waals surface area contributed by atoms with Gasteiger partial charge in [-0.2, -0.15) is 0 Å². The van der Waals surface area contributed by atoms with E-state index in [1.165, 1.54) is 0 Å². The van der Waals surface area contributed by atoms with E-state index in [9.17, 15) is 14.4 Å². The molecule has 1 saturated heterocycles. The number of benzene rings is 1. The van der Waals surface area contributed by atoms with Gasteiger partial charge in [0.1, 0.15) is 6.42 Å². The number of nitrogens with zero attached hydrogens (tertiary/aromatic N) is 2. The molecule has 9 nitrogen and oxygen atoms in total. The summed E-state index contributed by atoms with van der Waals surface area (Å²) in [5.41, 5.74) is 0.541. The van der Waals surface area contributed by atoms with Crippen LogP contribution in [-0.2, 0) is 14.3 Å². The van der Waals surface area contributed by atoms with Crippen molar-refractivity contribution in [2.24, 2.45) is 0 Å². The van der Waals surface area contributed by atoms with E-state index < -0.39 is 5.91 Å². The molecule has 3 rings (SSSR count). The molecule has 1 aromatic rings. The number of hydrogen-bond acceptors (Lipinski definition) is 6. The zero-order chi connectivity index (χ0) is 18.5. The highest BCUT2D eigenvalue weighted by molar-refractivity contribution is 6.03. The Morgan fingerprint density at radius 2 is 1.77 bits per heavy atom. The summed E-state index contributed by atoms with van der Waals surface area (Å²) >= 11 is 0. The number of piperazine rings is 1. The second-order valence-electron chi connectivity index (χ2n) is 5.86. The Hall–Kier alpha value is -2.97. The van der Waals surface area contributed by atoms with Gasteiger partial charge in [0.25, 0.3) is 0 Å². The molecule has 0 bridgehead atoms. The van der Waals surface area contributed by atoms with Crippen LogP contribution in [0.1, 0.15) is 13.3 Å². The van der Waals surface area contributed by atoms with E-state index in [-0.39, 0.29) is 25.2 Å². The summed E-state index contributed by atoms with van der Waals surface area (Å²) in [6, 6.07) is 5.05. The number of fused-ring (bicyclic) bond motifs is 1. The summed E-state index contributed by atoms with van der Waals surface area (Å²) < 4.78 is 15.4. The third-order valence-corrected chi connectivity index (χ3v) is 4.13. The number of anilines is 1. The zero-order valence-electron chi connectivity index (χ0n) is 14.5. The van der Waals surface area contributed by atoms with Crippen LogP contribution in [0, 0.1) is 0 Å². The molecule has 3 amide bonds. The molecule has 1 N–H and O–H groups in total. The van der Waals surface area contributed by atoms with Crippen molar-refractivity contribution >= 4 is 23.6 Å². The molecule has 140 valence electrons. The third kappa shape index (κ3) is 4.16. The van der Waals surface area contributed by atoms with E-state index in [4.69, 9.17) is 14.2 Å². The van der Waals surface area contributed by atoms with Gasteiger partial charge in [-0.15, -0.1) is 0 Å². The van der Waals surface area contributed by atoms with Crippen LogP contribution >= 0.6 is 0 Å². The molecule has 0 saturated carbocycles. The molecule has 1 aromatic carbocycles. The first-order chi connectivity index (χ1) is 12.6. The second-order valence-corrected chi connectivity index (χ2v) is 5.86. The number of hydrogen-bond donors (Lipinski definition) is 1. The standard InChI is InChI=1S/C17H21N3O6/c1-2-24-17(23)20-7-5-19(6-8-20)16(22)10-15(21)18-12-3-4-13-14(9-12)26-11-25-13/h3-4,9H,2,5-8,10-11H2,1H3,(H,18,21). The normalized spacial score (nSPS) is 15.6. The van der Waals surface area contributed by atoms with Crippen LogP contribution < -0.4 is 14.8 Å². The smallest absolute Gasteiger partial charge is 0.409 e. The van der Waals surface area contributed by atoms with E-state index in [2.05, 4.69) is 5.32 Å². The average molecular weight is 363 g/mol. The van der Waals surface area contributed by atoms with Gasteiger partial charge in [0, 0.05) is 37.9 Å². The summed E-state index contributed by atoms with van der Waals surface area (Å²) in [7, 11) is 0. The van der Waals surface area contributed by atoms with Crippen molar-refractivity contribution in [1.29, 1.82) is 0 Å². The molecule has 0 radical (unpaired) electrons. The van der Waals surface area contributed by atoms with Gasteiger partial charge in [-0.05, 0) is 19.1 Å². The van der Waals surface area contributed by atoms with Crippen LogP contribution in [-0.4, -0.2) is 67.3 Å². The Balaban J connectivity index is 1.46. The van der Waals surface area contributed by atoms with Crippen LogP contribution in [0.25, 0.3) is 0 Å². The lowest BCUT2D eigenvalue weighted by Gasteiger charge is -2.34. The van der Waals surface area contributed by atoms with Crippen molar-refractivity contribution in [2.45, 2.75) is 13.3 Å². The van der Waals surface area contributed by atoms with Crippen molar-refractivity contribution in [3.8, 4) is 11.5 Å². The van der Waals surface area contributed by atoms with Gasteiger partial charge >= 0.3 is 6.09 Å². The first-order valence-electron chi connectivity index (χ1n) is 8.46. The number of carbonyl (C=O) groups excluding carboxylic acids is 3. The summed E-state index contributed by atoms with van der Waals surface area (Å²) in [6.45, 7) is 3.78. The summed E-state index contributed by atoms with van der Waals surface area (Å²) in [5.74, 6) is 0.510. The Labute approximate surface area is 150 Å². The minimum Gasteiger partial charge on any atom is -0.454 e.